The first-order chi connectivity index (χ1) is 17.6. The average Bonchev–Trinajstić information content (AvgIpc) is 3.50. The van der Waals surface area contributed by atoms with Gasteiger partial charge in [0, 0.05) is 37.1 Å². The van der Waals surface area contributed by atoms with E-state index in [2.05, 4.69) is 36.9 Å². The van der Waals surface area contributed by atoms with Crippen molar-refractivity contribution in [1.29, 1.82) is 0 Å². The SMILES string of the molecule is COCCOc1ccc(N2C(=S)N[C@H](c3ccccn3)[C@@H]2c2cccn2-c2ccc(C)cn2)cc1Cl. The number of halogens is 1. The molecule has 1 fully saturated rings. The van der Waals surface area contributed by atoms with Crippen LogP contribution in [0.4, 0.5) is 5.69 Å². The highest BCUT2D eigenvalue weighted by Gasteiger charge is 2.42. The monoisotopic (exact) mass is 519 g/mol. The highest BCUT2D eigenvalue weighted by molar-refractivity contribution is 7.80. The molecule has 3 aromatic heterocycles. The summed E-state index contributed by atoms with van der Waals surface area (Å²) in [7, 11) is 1.63. The summed E-state index contributed by atoms with van der Waals surface area (Å²) in [5, 5.41) is 4.58. The van der Waals surface area contributed by atoms with Gasteiger partial charge < -0.3 is 24.3 Å². The Bertz CT molecular complexity index is 1350. The maximum atomic E-state index is 6.62. The zero-order chi connectivity index (χ0) is 25.1. The summed E-state index contributed by atoms with van der Waals surface area (Å²) in [6.07, 6.45) is 5.68. The molecule has 5 rings (SSSR count). The minimum Gasteiger partial charge on any atom is -0.490 e. The van der Waals surface area contributed by atoms with E-state index in [9.17, 15) is 0 Å². The quantitative estimate of drug-likeness (QED) is 0.246. The zero-order valence-corrected chi connectivity index (χ0v) is 21.5. The number of methoxy groups -OCH3 is 1. The lowest BCUT2D eigenvalue weighted by atomic mass is 10.0. The number of aryl methyl sites for hydroxylation is 1. The molecule has 1 aliphatic rings. The molecule has 0 spiro atoms. The number of rotatable bonds is 8. The fourth-order valence-corrected chi connectivity index (χ4v) is 4.95. The van der Waals surface area contributed by atoms with Gasteiger partial charge in [-0.1, -0.05) is 23.7 Å². The predicted molar refractivity (Wildman–Crippen MR) is 145 cm³/mol. The van der Waals surface area contributed by atoms with Gasteiger partial charge in [0.05, 0.1) is 23.4 Å². The predicted octanol–water partition coefficient (Wildman–Crippen LogP) is 5.43. The van der Waals surface area contributed by atoms with Gasteiger partial charge in [0.1, 0.15) is 24.2 Å². The van der Waals surface area contributed by atoms with Gasteiger partial charge in [0.25, 0.3) is 0 Å². The van der Waals surface area contributed by atoms with Crippen LogP contribution in [0, 0.1) is 6.92 Å². The van der Waals surface area contributed by atoms with Crippen LogP contribution in [0.3, 0.4) is 0 Å². The van der Waals surface area contributed by atoms with Crippen molar-refractivity contribution in [1.82, 2.24) is 19.9 Å². The highest BCUT2D eigenvalue weighted by Crippen LogP contribution is 2.43. The van der Waals surface area contributed by atoms with Crippen molar-refractivity contribution in [3.8, 4) is 11.6 Å². The molecule has 0 aliphatic carbocycles. The molecular weight excluding hydrogens is 494 g/mol. The van der Waals surface area contributed by atoms with Crippen LogP contribution in [0.15, 0.2) is 79.3 Å². The van der Waals surface area contributed by atoms with Gasteiger partial charge >= 0.3 is 0 Å². The number of ether oxygens (including phenoxy) is 2. The van der Waals surface area contributed by atoms with E-state index in [4.69, 9.17) is 33.3 Å². The summed E-state index contributed by atoms with van der Waals surface area (Å²) in [5.74, 6) is 1.43. The molecule has 7 nitrogen and oxygen atoms in total. The number of nitrogens with zero attached hydrogens (tertiary/aromatic N) is 4. The second kappa shape index (κ2) is 10.7. The van der Waals surface area contributed by atoms with Crippen molar-refractivity contribution in [3.05, 3.63) is 101 Å². The van der Waals surface area contributed by atoms with Crippen molar-refractivity contribution in [3.63, 3.8) is 0 Å². The summed E-state index contributed by atoms with van der Waals surface area (Å²) in [4.78, 5) is 11.4. The second-order valence-electron chi connectivity index (χ2n) is 8.45. The van der Waals surface area contributed by atoms with E-state index in [1.54, 1.807) is 13.3 Å². The maximum absolute atomic E-state index is 6.62. The molecule has 0 saturated carbocycles. The third-order valence-electron chi connectivity index (χ3n) is 6.06. The molecule has 1 aliphatic heterocycles. The smallest absolute Gasteiger partial charge is 0.174 e. The Hall–Kier alpha value is -3.46. The summed E-state index contributed by atoms with van der Waals surface area (Å²) in [6.45, 7) is 2.93. The fourth-order valence-electron chi connectivity index (χ4n) is 4.37. The molecule has 1 saturated heterocycles. The number of hydrogen-bond acceptors (Lipinski definition) is 5. The van der Waals surface area contributed by atoms with Gasteiger partial charge in [-0.2, -0.15) is 0 Å². The van der Waals surface area contributed by atoms with Gasteiger partial charge in [-0.15, -0.1) is 0 Å². The Morgan fingerprint density at radius 1 is 1.06 bits per heavy atom. The van der Waals surface area contributed by atoms with Crippen molar-refractivity contribution >= 4 is 34.6 Å². The van der Waals surface area contributed by atoms with Gasteiger partial charge in [0.2, 0.25) is 0 Å². The number of thiocarbonyl (C=S) groups is 1. The first-order valence-electron chi connectivity index (χ1n) is 11.6. The lowest BCUT2D eigenvalue weighted by Crippen LogP contribution is -2.30. The van der Waals surface area contributed by atoms with Crippen molar-refractivity contribution < 1.29 is 9.47 Å². The topological polar surface area (TPSA) is 64.4 Å². The molecule has 0 unspecified atom stereocenters. The minimum absolute atomic E-state index is 0.186. The molecule has 4 aromatic rings. The average molecular weight is 520 g/mol. The number of pyridine rings is 2. The lowest BCUT2D eigenvalue weighted by molar-refractivity contribution is 0.146. The normalized spacial score (nSPS) is 17.3. The minimum atomic E-state index is -0.207. The van der Waals surface area contributed by atoms with Crippen LogP contribution < -0.4 is 15.0 Å². The summed E-state index contributed by atoms with van der Waals surface area (Å²) < 4.78 is 12.9. The summed E-state index contributed by atoms with van der Waals surface area (Å²) in [5.41, 5.74) is 3.87. The van der Waals surface area contributed by atoms with Crippen LogP contribution in [0.25, 0.3) is 5.82 Å². The molecule has 184 valence electrons. The van der Waals surface area contributed by atoms with Gasteiger partial charge in [0.15, 0.2) is 5.11 Å². The number of benzene rings is 1. The first-order valence-corrected chi connectivity index (χ1v) is 12.4. The van der Waals surface area contributed by atoms with E-state index in [0.717, 1.165) is 28.5 Å². The first kappa shape index (κ1) is 24.2. The molecular formula is C27H26ClN5O2S. The van der Waals surface area contributed by atoms with Gasteiger partial charge in [-0.05, 0) is 73.2 Å². The second-order valence-corrected chi connectivity index (χ2v) is 9.24. The summed E-state index contributed by atoms with van der Waals surface area (Å²) >= 11 is 12.5. The van der Waals surface area contributed by atoms with Crippen molar-refractivity contribution in [2.45, 2.75) is 19.0 Å². The Labute approximate surface area is 220 Å². The fraction of sp³-hybridized carbons (Fsp3) is 0.222. The zero-order valence-electron chi connectivity index (χ0n) is 20.0. The van der Waals surface area contributed by atoms with E-state index < -0.39 is 0 Å². The van der Waals surface area contributed by atoms with Gasteiger partial charge in [-0.25, -0.2) is 4.98 Å². The van der Waals surface area contributed by atoms with E-state index in [0.29, 0.717) is 29.1 Å². The standard InChI is InChI=1S/C27H26ClN5O2S/c1-18-8-11-24(30-17-18)32-13-5-7-22(32)26-25(21-6-3-4-12-29-21)31-27(36)33(26)19-9-10-23(20(28)16-19)35-15-14-34-2/h3-13,16-17,25-26H,14-15H2,1-2H3,(H,31,36)/t25-,26+/m1/s1. The van der Waals surface area contributed by atoms with Crippen LogP contribution in [-0.2, 0) is 4.74 Å². The van der Waals surface area contributed by atoms with Crippen LogP contribution in [-0.4, -0.2) is 40.0 Å². The molecule has 0 radical (unpaired) electrons. The van der Waals surface area contributed by atoms with E-state index >= 15 is 0 Å². The van der Waals surface area contributed by atoms with Crippen LogP contribution in [0.1, 0.15) is 29.0 Å². The van der Waals surface area contributed by atoms with E-state index in [-0.39, 0.29) is 12.1 Å². The van der Waals surface area contributed by atoms with Crippen molar-refractivity contribution in [2.24, 2.45) is 0 Å². The Morgan fingerprint density at radius 3 is 2.67 bits per heavy atom. The molecule has 0 bridgehead atoms. The molecule has 2 atom stereocenters. The molecule has 0 amide bonds. The Kier molecular flexibility index (Phi) is 7.18. The molecule has 4 heterocycles. The third-order valence-corrected chi connectivity index (χ3v) is 6.67. The van der Waals surface area contributed by atoms with E-state index in [1.165, 1.54) is 0 Å². The number of aromatic nitrogens is 3. The molecule has 1 N–H and O–H groups in total. The Morgan fingerprint density at radius 2 is 1.94 bits per heavy atom. The molecule has 36 heavy (non-hydrogen) atoms. The largest absolute Gasteiger partial charge is 0.490 e. The van der Waals surface area contributed by atoms with E-state index in [1.807, 2.05) is 67.8 Å². The van der Waals surface area contributed by atoms with Crippen LogP contribution in [0.2, 0.25) is 5.02 Å². The number of nitrogens with one attached hydrogen (secondary N) is 1. The van der Waals surface area contributed by atoms with Gasteiger partial charge in [-0.3, -0.25) is 4.98 Å². The summed E-state index contributed by atoms with van der Waals surface area (Å²) in [6, 6.07) is 19.4. The number of hydrogen-bond donors (Lipinski definition) is 1. The third kappa shape index (κ3) is 4.80. The van der Waals surface area contributed by atoms with Crippen LogP contribution >= 0.6 is 23.8 Å². The lowest BCUT2D eigenvalue weighted by Gasteiger charge is -2.29. The van der Waals surface area contributed by atoms with Crippen LogP contribution in [0.5, 0.6) is 5.75 Å². The Balaban J connectivity index is 1.58. The molecule has 1 aromatic carbocycles. The maximum Gasteiger partial charge on any atom is 0.174 e. The molecule has 9 heteroatoms. The number of anilines is 1. The van der Waals surface area contributed by atoms with Crippen molar-refractivity contribution in [2.75, 3.05) is 25.2 Å². The highest BCUT2D eigenvalue weighted by atomic mass is 35.5.